The van der Waals surface area contributed by atoms with E-state index in [0.29, 0.717) is 0 Å². The van der Waals surface area contributed by atoms with E-state index < -0.39 is 0 Å². The molecule has 0 radical (unpaired) electrons. The summed E-state index contributed by atoms with van der Waals surface area (Å²) in [5, 5.41) is 0. The number of ether oxygens (including phenoxy) is 6. The van der Waals surface area contributed by atoms with E-state index in [1.165, 1.54) is 78.6 Å². The van der Waals surface area contributed by atoms with Crippen LogP contribution in [0.25, 0.3) is 0 Å². The quantitative estimate of drug-likeness (QED) is 0.0411. The fourth-order valence-electron chi connectivity index (χ4n) is 9.46. The fourth-order valence-corrected chi connectivity index (χ4v) is 9.46. The average molecular weight is 1020 g/mol. The van der Waals surface area contributed by atoms with Crippen LogP contribution in [-0.4, -0.2) is 116 Å². The molecule has 2 saturated carbocycles. The van der Waals surface area contributed by atoms with Crippen LogP contribution in [0.3, 0.4) is 0 Å². The third kappa shape index (κ3) is 21.9. The summed E-state index contributed by atoms with van der Waals surface area (Å²) in [6, 6.07) is 50.3. The minimum atomic E-state index is 0.894. The topological polar surface area (TPSA) is 65.1 Å². The van der Waals surface area contributed by atoms with Crippen molar-refractivity contribution in [2.45, 2.75) is 70.6 Å². The maximum atomic E-state index is 5.35. The van der Waals surface area contributed by atoms with Crippen molar-refractivity contribution >= 4 is 0 Å². The Labute approximate surface area is 451 Å². The number of benzene rings is 6. The van der Waals surface area contributed by atoms with E-state index in [-0.39, 0.29) is 0 Å². The van der Waals surface area contributed by atoms with E-state index in [0.717, 1.165) is 131 Å². The molecule has 2 aliphatic rings. The van der Waals surface area contributed by atoms with Crippen LogP contribution >= 0.6 is 0 Å². The minimum absolute atomic E-state index is 0.894. The van der Waals surface area contributed by atoms with Gasteiger partial charge in [0.1, 0.15) is 34.5 Å². The molecule has 0 N–H and O–H groups in total. The lowest BCUT2D eigenvalue weighted by Gasteiger charge is -2.32. The van der Waals surface area contributed by atoms with Crippen LogP contribution < -0.4 is 28.4 Å². The van der Waals surface area contributed by atoms with Crippen molar-refractivity contribution in [2.75, 3.05) is 102 Å². The maximum absolute atomic E-state index is 5.35. The van der Waals surface area contributed by atoms with E-state index >= 15 is 0 Å². The highest BCUT2D eigenvalue weighted by atomic mass is 16.5. The normalized spacial score (nSPS) is 13.0. The molecule has 6 aromatic carbocycles. The van der Waals surface area contributed by atoms with Crippen molar-refractivity contribution in [1.82, 2.24) is 14.7 Å². The summed E-state index contributed by atoms with van der Waals surface area (Å²) in [4.78, 5) is 7.69. The lowest BCUT2D eigenvalue weighted by atomic mass is 9.85. The molecule has 0 aliphatic heterocycles. The van der Waals surface area contributed by atoms with Crippen molar-refractivity contribution in [1.29, 1.82) is 0 Å². The van der Waals surface area contributed by atoms with E-state index in [1.807, 2.05) is 54.6 Å². The molecule has 0 heterocycles. The summed E-state index contributed by atoms with van der Waals surface area (Å²) in [6.07, 6.45) is 15.3. The van der Waals surface area contributed by atoms with Crippen LogP contribution in [-0.2, 0) is 38.5 Å². The first-order valence-corrected chi connectivity index (χ1v) is 27.3. The Balaban J connectivity index is 0.000000183. The fraction of sp³-hybridized carbons (Fsp3) is 0.424. The monoisotopic (exact) mass is 1020 g/mol. The predicted molar refractivity (Wildman–Crippen MR) is 310 cm³/mol. The van der Waals surface area contributed by atoms with Gasteiger partial charge in [-0.15, -0.1) is 6.58 Å². The molecular formula is C66H87N3O6. The first kappa shape index (κ1) is 58.0. The van der Waals surface area contributed by atoms with E-state index in [9.17, 15) is 0 Å². The Hall–Kier alpha value is -6.26. The average Bonchev–Trinajstić information content (AvgIpc) is 4.28. The van der Waals surface area contributed by atoms with Crippen LogP contribution in [0.4, 0.5) is 0 Å². The Morgan fingerprint density at radius 2 is 0.600 bits per heavy atom. The highest BCUT2D eigenvalue weighted by Crippen LogP contribution is 2.30. The van der Waals surface area contributed by atoms with Crippen LogP contribution in [0.1, 0.15) is 65.5 Å². The summed E-state index contributed by atoms with van der Waals surface area (Å²) < 4.78 is 32.0. The van der Waals surface area contributed by atoms with Gasteiger partial charge in [0.05, 0.1) is 42.7 Å². The summed E-state index contributed by atoms with van der Waals surface area (Å²) in [5.74, 6) is 7.43. The molecule has 0 aromatic heterocycles. The van der Waals surface area contributed by atoms with Crippen LogP contribution in [0.2, 0.25) is 0 Å². The van der Waals surface area contributed by atoms with Gasteiger partial charge in [0, 0.05) is 58.9 Å². The van der Waals surface area contributed by atoms with Gasteiger partial charge in [0.2, 0.25) is 0 Å². The van der Waals surface area contributed by atoms with Crippen molar-refractivity contribution in [2.24, 2.45) is 11.8 Å². The standard InChI is InChI=1S/C23H31NO2.C22H29NO2.C21H27NO2/c1-25-22-10-4-6-19(16-22)12-14-24(18-21-8-3-9-21)15-13-20-7-5-11-23(17-20)26-2;1-24-21-7-3-5-18(15-21)11-13-23(17-20-9-10-20)14-12-19-6-4-8-22(16-19)25-2;1-4-13-22(14-11-18-7-5-9-20(16-18)23-2)15-12-19-8-6-10-21(17-19)24-3/h4-7,10-11,16-17,21H,3,8-9,12-15,18H2,1-2H3;3-8,15-16,20H,9-14,17H2,1-2H3;4-10,16-17H,1,11-15H2,2-3H3. The van der Waals surface area contributed by atoms with Crippen molar-refractivity contribution in [3.63, 3.8) is 0 Å². The Kier molecular flexibility index (Phi) is 25.5. The Bertz CT molecular complexity index is 2390. The zero-order chi connectivity index (χ0) is 52.9. The maximum Gasteiger partial charge on any atom is 0.119 e. The second-order valence-electron chi connectivity index (χ2n) is 20.0. The number of methoxy groups -OCH3 is 6. The van der Waals surface area contributed by atoms with Crippen molar-refractivity contribution in [3.05, 3.63) is 192 Å². The van der Waals surface area contributed by atoms with Gasteiger partial charge in [0.25, 0.3) is 0 Å². The highest BCUT2D eigenvalue weighted by molar-refractivity contribution is 5.33. The zero-order valence-electron chi connectivity index (χ0n) is 46.2. The minimum Gasteiger partial charge on any atom is -0.497 e. The largest absolute Gasteiger partial charge is 0.497 e. The van der Waals surface area contributed by atoms with E-state index in [1.54, 1.807) is 42.7 Å². The van der Waals surface area contributed by atoms with Gasteiger partial charge >= 0.3 is 0 Å². The molecule has 9 heteroatoms. The molecule has 0 amide bonds. The van der Waals surface area contributed by atoms with Gasteiger partial charge in [-0.05, 0) is 182 Å². The molecule has 9 nitrogen and oxygen atoms in total. The van der Waals surface area contributed by atoms with E-state index in [4.69, 9.17) is 28.4 Å². The molecule has 0 spiro atoms. The third-order valence-corrected chi connectivity index (χ3v) is 14.4. The molecule has 0 unspecified atom stereocenters. The SMILES string of the molecule is C=CCN(CCc1cccc(OC)c1)CCc1cccc(OC)c1.COc1cccc(CCN(CCc2cccc(OC)c2)CC2CC2)c1.COc1cccc(CCN(CCc2cccc(OC)c2)CC2CCC2)c1. The zero-order valence-corrected chi connectivity index (χ0v) is 46.2. The number of hydrogen-bond acceptors (Lipinski definition) is 9. The van der Waals surface area contributed by atoms with Crippen LogP contribution in [0.15, 0.2) is 158 Å². The molecule has 402 valence electrons. The first-order chi connectivity index (χ1) is 36.8. The van der Waals surface area contributed by atoms with Crippen LogP contribution in [0, 0.1) is 11.8 Å². The van der Waals surface area contributed by atoms with Crippen molar-refractivity contribution < 1.29 is 28.4 Å². The summed E-state index contributed by atoms with van der Waals surface area (Å²) in [7, 11) is 10.3. The second kappa shape index (κ2) is 32.9. The molecule has 0 bridgehead atoms. The molecule has 75 heavy (non-hydrogen) atoms. The second-order valence-corrected chi connectivity index (χ2v) is 20.0. The number of hydrogen-bond donors (Lipinski definition) is 0. The number of rotatable bonds is 30. The summed E-state index contributed by atoms with van der Waals surface area (Å²) in [5.41, 5.74) is 7.99. The molecular weight excluding hydrogens is 931 g/mol. The van der Waals surface area contributed by atoms with Gasteiger partial charge in [-0.3, -0.25) is 4.90 Å². The summed E-state index contributed by atoms with van der Waals surface area (Å²) in [6.45, 7) is 13.7. The molecule has 2 aliphatic carbocycles. The predicted octanol–water partition coefficient (Wildman–Crippen LogP) is 12.8. The van der Waals surface area contributed by atoms with Gasteiger partial charge in [-0.2, -0.15) is 0 Å². The third-order valence-electron chi connectivity index (χ3n) is 14.4. The van der Waals surface area contributed by atoms with Gasteiger partial charge in [-0.1, -0.05) is 85.3 Å². The first-order valence-electron chi connectivity index (χ1n) is 27.3. The van der Waals surface area contributed by atoms with Gasteiger partial charge in [0.15, 0.2) is 0 Å². The molecule has 2 fully saturated rings. The van der Waals surface area contributed by atoms with Gasteiger partial charge in [-0.25, -0.2) is 0 Å². The van der Waals surface area contributed by atoms with Gasteiger partial charge < -0.3 is 38.2 Å². The van der Waals surface area contributed by atoms with Crippen LogP contribution in [0.5, 0.6) is 34.5 Å². The molecule has 0 atom stereocenters. The Morgan fingerprint density at radius 1 is 0.360 bits per heavy atom. The lowest BCUT2D eigenvalue weighted by Crippen LogP contribution is -2.35. The molecule has 0 saturated heterocycles. The molecule has 6 aromatic rings. The lowest BCUT2D eigenvalue weighted by molar-refractivity contribution is 0.180. The van der Waals surface area contributed by atoms with Crippen molar-refractivity contribution in [3.8, 4) is 34.5 Å². The van der Waals surface area contributed by atoms with E-state index in [2.05, 4.69) is 118 Å². The Morgan fingerprint density at radius 3 is 0.800 bits per heavy atom. The number of nitrogens with zero attached hydrogens (tertiary/aromatic N) is 3. The highest BCUT2D eigenvalue weighted by Gasteiger charge is 2.24. The smallest absolute Gasteiger partial charge is 0.119 e. The molecule has 8 rings (SSSR count). The summed E-state index contributed by atoms with van der Waals surface area (Å²) >= 11 is 0.